The van der Waals surface area contributed by atoms with Crippen molar-refractivity contribution >= 4 is 0 Å². The third-order valence-electron chi connectivity index (χ3n) is 3.10. The number of hydrogen-bond acceptors (Lipinski definition) is 0. The molecule has 0 aliphatic heterocycles. The molecule has 0 saturated heterocycles. The van der Waals surface area contributed by atoms with Gasteiger partial charge in [0.05, 0.1) is 0 Å². The van der Waals surface area contributed by atoms with Gasteiger partial charge in [0.15, 0.2) is 0 Å². The average Bonchev–Trinajstić information content (AvgIpc) is 2.49. The second-order valence-corrected chi connectivity index (χ2v) is 4.42. The number of hydrogen-bond donors (Lipinski definition) is 0. The first-order valence-corrected chi connectivity index (χ1v) is 6.21. The van der Waals surface area contributed by atoms with Crippen LogP contribution in [0.15, 0.2) is 0 Å². The van der Waals surface area contributed by atoms with Gasteiger partial charge < -0.3 is 0 Å². The summed E-state index contributed by atoms with van der Waals surface area (Å²) >= 11 is 0. The van der Waals surface area contributed by atoms with Crippen molar-refractivity contribution in [1.29, 1.82) is 0 Å². The van der Waals surface area contributed by atoms with E-state index in [2.05, 4.69) is 59.3 Å². The Kier molecular flexibility index (Phi) is 11.0. The maximum Gasteiger partial charge on any atom is 0 e. The first-order chi connectivity index (χ1) is 7.72. The second-order valence-electron chi connectivity index (χ2n) is 4.42. The Morgan fingerprint density at radius 2 is 0.941 bits per heavy atom. The molecule has 2 rings (SSSR count). The van der Waals surface area contributed by atoms with Crippen LogP contribution < -0.4 is 0 Å². The van der Waals surface area contributed by atoms with Crippen molar-refractivity contribution in [3.05, 3.63) is 56.3 Å². The van der Waals surface area contributed by atoms with Gasteiger partial charge in [-0.05, 0) is 82.0 Å². The summed E-state index contributed by atoms with van der Waals surface area (Å²) in [5.74, 6) is 4.25. The van der Waals surface area contributed by atoms with Crippen molar-refractivity contribution < 1.29 is 20.1 Å². The monoisotopic (exact) mass is 408 g/mol. The molecular weight excluding hydrogens is 384 g/mol. The van der Waals surface area contributed by atoms with Gasteiger partial charge in [-0.3, -0.25) is 0 Å². The molecule has 0 aromatic rings. The van der Waals surface area contributed by atoms with E-state index in [1.54, 1.807) is 0 Å². The molecule has 0 bridgehead atoms. The quantitative estimate of drug-likeness (QED) is 0.552. The van der Waals surface area contributed by atoms with Crippen molar-refractivity contribution in [3.8, 4) is 0 Å². The van der Waals surface area contributed by atoms with Crippen LogP contribution in [0.1, 0.15) is 46.5 Å². The van der Waals surface area contributed by atoms with E-state index >= 15 is 0 Å². The molecule has 2 aliphatic rings. The van der Waals surface area contributed by atoms with Gasteiger partial charge >= 0.3 is 0 Å². The Hall–Kier alpha value is 0.649. The van der Waals surface area contributed by atoms with Gasteiger partial charge in [0.25, 0.3) is 0 Å². The van der Waals surface area contributed by atoms with E-state index in [-0.39, 0.29) is 20.1 Å². The SMILES string of the molecule is C[C]1[CH][CH][C](C)[C]1C.[CH]1[CH]CC[CH][CH]CC1.[Ir]. The van der Waals surface area contributed by atoms with Gasteiger partial charge in [-0.25, -0.2) is 0 Å². The Morgan fingerprint density at radius 1 is 0.647 bits per heavy atom. The first-order valence-electron chi connectivity index (χ1n) is 6.21. The van der Waals surface area contributed by atoms with E-state index in [1.807, 2.05) is 0 Å². The maximum absolute atomic E-state index is 2.27. The molecule has 0 nitrogen and oxygen atoms in total. The zero-order chi connectivity index (χ0) is 11.8. The van der Waals surface area contributed by atoms with Crippen LogP contribution in [-0.2, 0) is 20.1 Å². The number of rotatable bonds is 0. The van der Waals surface area contributed by atoms with Gasteiger partial charge in [0, 0.05) is 20.1 Å². The van der Waals surface area contributed by atoms with Gasteiger partial charge in [0.1, 0.15) is 0 Å². The molecule has 10 radical (unpaired) electrons. The van der Waals surface area contributed by atoms with Crippen LogP contribution in [-0.4, -0.2) is 0 Å². The summed E-state index contributed by atoms with van der Waals surface area (Å²) in [4.78, 5) is 0. The summed E-state index contributed by atoms with van der Waals surface area (Å²) < 4.78 is 0. The predicted octanol–water partition coefficient (Wildman–Crippen LogP) is 4.57. The molecule has 0 spiro atoms. The van der Waals surface area contributed by atoms with Crippen molar-refractivity contribution in [3.63, 3.8) is 0 Å². The molecule has 2 aliphatic carbocycles. The molecule has 1 heteroatoms. The summed E-state index contributed by atoms with van der Waals surface area (Å²) in [5, 5.41) is 0. The summed E-state index contributed by atoms with van der Waals surface area (Å²) in [6.07, 6.45) is 18.3. The molecule has 0 unspecified atom stereocenters. The molecule has 0 N–H and O–H groups in total. The normalized spacial score (nSPS) is 24.2. The standard InChI is InChI=1S/C8H11.C8H12.Ir/c1-6-4-5-7(2)8(6)3;1-2-4-6-8-7-5-3-1;/h4-5H,1-3H3;1-2,7-8H,3-6H2;. The average molecular weight is 408 g/mol. The Bertz CT molecular complexity index is 133. The molecule has 0 aromatic heterocycles. The fourth-order valence-electron chi connectivity index (χ4n) is 1.67. The second kappa shape index (κ2) is 10.6. The third-order valence-corrected chi connectivity index (χ3v) is 3.10. The van der Waals surface area contributed by atoms with Crippen molar-refractivity contribution in [1.82, 2.24) is 0 Å². The minimum Gasteiger partial charge on any atom is -0.0582 e. The van der Waals surface area contributed by atoms with Gasteiger partial charge in [-0.1, -0.05) is 20.8 Å². The van der Waals surface area contributed by atoms with Crippen LogP contribution in [0.5, 0.6) is 0 Å². The largest absolute Gasteiger partial charge is 0.0582 e. The Labute approximate surface area is 123 Å². The summed E-state index contributed by atoms with van der Waals surface area (Å²) in [6, 6.07) is 0. The molecule has 2 saturated carbocycles. The Morgan fingerprint density at radius 3 is 1.12 bits per heavy atom. The summed E-state index contributed by atoms with van der Waals surface area (Å²) in [6.45, 7) is 6.44. The minimum absolute atomic E-state index is 0. The topological polar surface area (TPSA) is 0 Å². The third kappa shape index (κ3) is 7.62. The van der Waals surface area contributed by atoms with Crippen molar-refractivity contribution in [2.75, 3.05) is 0 Å². The van der Waals surface area contributed by atoms with Crippen molar-refractivity contribution in [2.24, 2.45) is 0 Å². The molecule has 0 atom stereocenters. The van der Waals surface area contributed by atoms with E-state index in [9.17, 15) is 0 Å². The van der Waals surface area contributed by atoms with Gasteiger partial charge in [0.2, 0.25) is 0 Å². The fraction of sp³-hybridized carbons (Fsp3) is 0.438. The van der Waals surface area contributed by atoms with Crippen LogP contribution >= 0.6 is 0 Å². The molecule has 0 amide bonds. The van der Waals surface area contributed by atoms with Crippen LogP contribution in [0.4, 0.5) is 0 Å². The summed E-state index contributed by atoms with van der Waals surface area (Å²) in [5.41, 5.74) is 0. The molecule has 0 aromatic carbocycles. The predicted molar refractivity (Wildman–Crippen MR) is 71.0 cm³/mol. The summed E-state index contributed by atoms with van der Waals surface area (Å²) in [7, 11) is 0. The fourth-order valence-corrected chi connectivity index (χ4v) is 1.67. The Balaban J connectivity index is 0.000000284. The van der Waals surface area contributed by atoms with E-state index in [0.717, 1.165) is 0 Å². The van der Waals surface area contributed by atoms with E-state index < -0.39 is 0 Å². The molecule has 0 heterocycles. The molecular formula is C16H23Ir. The van der Waals surface area contributed by atoms with E-state index in [1.165, 1.54) is 43.4 Å². The van der Waals surface area contributed by atoms with Gasteiger partial charge in [-0.2, -0.15) is 0 Å². The van der Waals surface area contributed by atoms with Crippen LogP contribution in [0.3, 0.4) is 0 Å². The smallest absolute Gasteiger partial charge is 0 e. The zero-order valence-corrected chi connectivity index (χ0v) is 13.5. The minimum atomic E-state index is 0. The van der Waals surface area contributed by atoms with Gasteiger partial charge in [-0.15, -0.1) is 0 Å². The maximum atomic E-state index is 2.27. The van der Waals surface area contributed by atoms with E-state index in [4.69, 9.17) is 0 Å². The van der Waals surface area contributed by atoms with Crippen LogP contribution in [0.2, 0.25) is 0 Å². The molecule has 17 heavy (non-hydrogen) atoms. The first kappa shape index (κ1) is 17.6. The molecule has 2 fully saturated rings. The van der Waals surface area contributed by atoms with E-state index in [0.29, 0.717) is 0 Å². The van der Waals surface area contributed by atoms with Crippen LogP contribution in [0.25, 0.3) is 0 Å². The zero-order valence-electron chi connectivity index (χ0n) is 11.1. The van der Waals surface area contributed by atoms with Crippen molar-refractivity contribution in [2.45, 2.75) is 46.5 Å². The molecule has 96 valence electrons. The van der Waals surface area contributed by atoms with Crippen LogP contribution in [0, 0.1) is 56.3 Å².